The lowest BCUT2D eigenvalue weighted by Gasteiger charge is -2.04. The number of fused-ring (bicyclic) bond motifs is 1. The van der Waals surface area contributed by atoms with Crippen molar-refractivity contribution in [3.63, 3.8) is 0 Å². The minimum atomic E-state index is 0.645. The molecule has 4 rings (SSSR count). The van der Waals surface area contributed by atoms with Crippen LogP contribution in [-0.2, 0) is 13.1 Å². The number of rotatable bonds is 5. The van der Waals surface area contributed by atoms with Gasteiger partial charge in [-0.25, -0.2) is 9.97 Å². The lowest BCUT2D eigenvalue weighted by Crippen LogP contribution is -2.02. The van der Waals surface area contributed by atoms with Crippen LogP contribution in [0.2, 0.25) is 0 Å². The Labute approximate surface area is 132 Å². The van der Waals surface area contributed by atoms with Crippen molar-refractivity contribution in [1.82, 2.24) is 29.9 Å². The molecule has 0 radical (unpaired) electrons. The lowest BCUT2D eigenvalue weighted by atomic mass is 10.2. The van der Waals surface area contributed by atoms with Crippen molar-refractivity contribution in [3.8, 4) is 0 Å². The summed E-state index contributed by atoms with van der Waals surface area (Å²) in [5.74, 6) is 0.763. The largest absolute Gasteiger partial charge is 0.365 e. The molecule has 0 aliphatic carbocycles. The Balaban J connectivity index is 1.45. The van der Waals surface area contributed by atoms with Crippen LogP contribution in [0.4, 0.5) is 5.82 Å². The van der Waals surface area contributed by atoms with Gasteiger partial charge in [-0.2, -0.15) is 10.2 Å². The fourth-order valence-electron chi connectivity index (χ4n) is 2.45. The van der Waals surface area contributed by atoms with Crippen molar-refractivity contribution < 1.29 is 0 Å². The van der Waals surface area contributed by atoms with Crippen LogP contribution in [0, 0.1) is 0 Å². The summed E-state index contributed by atoms with van der Waals surface area (Å²) in [5, 5.41) is 15.4. The van der Waals surface area contributed by atoms with Gasteiger partial charge in [-0.1, -0.05) is 30.3 Å². The van der Waals surface area contributed by atoms with Gasteiger partial charge in [0.25, 0.3) is 0 Å². The van der Waals surface area contributed by atoms with Gasteiger partial charge in [0.05, 0.1) is 24.3 Å². The maximum Gasteiger partial charge on any atom is 0.160 e. The average molecular weight is 305 g/mol. The van der Waals surface area contributed by atoms with Crippen molar-refractivity contribution in [3.05, 3.63) is 66.4 Å². The van der Waals surface area contributed by atoms with Crippen LogP contribution in [0.25, 0.3) is 11.0 Å². The number of aromatic amines is 1. The summed E-state index contributed by atoms with van der Waals surface area (Å²) in [6, 6.07) is 10.3. The molecule has 0 amide bonds. The SMILES string of the molecule is c1ccc(Cn2cc(CNc3ncnc4[nH]ncc34)cn2)cc1. The Morgan fingerprint density at radius 3 is 2.87 bits per heavy atom. The number of hydrogen-bond acceptors (Lipinski definition) is 5. The maximum absolute atomic E-state index is 4.40. The quantitative estimate of drug-likeness (QED) is 0.590. The average Bonchev–Trinajstić information content (AvgIpc) is 3.23. The molecular weight excluding hydrogens is 290 g/mol. The van der Waals surface area contributed by atoms with E-state index in [9.17, 15) is 0 Å². The number of aromatic nitrogens is 6. The van der Waals surface area contributed by atoms with Crippen LogP contribution < -0.4 is 5.32 Å². The maximum atomic E-state index is 4.40. The van der Waals surface area contributed by atoms with Crippen molar-refractivity contribution in [2.45, 2.75) is 13.1 Å². The molecule has 0 bridgehead atoms. The smallest absolute Gasteiger partial charge is 0.160 e. The van der Waals surface area contributed by atoms with Gasteiger partial charge in [0.1, 0.15) is 12.1 Å². The van der Waals surface area contributed by atoms with Crippen LogP contribution >= 0.6 is 0 Å². The van der Waals surface area contributed by atoms with E-state index in [0.29, 0.717) is 6.54 Å². The van der Waals surface area contributed by atoms with E-state index in [4.69, 9.17) is 0 Å². The van der Waals surface area contributed by atoms with E-state index < -0.39 is 0 Å². The summed E-state index contributed by atoms with van der Waals surface area (Å²) in [7, 11) is 0. The third-order valence-electron chi connectivity index (χ3n) is 3.58. The number of nitrogens with one attached hydrogen (secondary N) is 2. The summed E-state index contributed by atoms with van der Waals surface area (Å²) < 4.78 is 1.93. The fourth-order valence-corrected chi connectivity index (χ4v) is 2.45. The van der Waals surface area contributed by atoms with Gasteiger partial charge >= 0.3 is 0 Å². The molecule has 1 aromatic carbocycles. The van der Waals surface area contributed by atoms with E-state index in [1.165, 1.54) is 11.9 Å². The van der Waals surface area contributed by atoms with E-state index in [1.807, 2.05) is 35.3 Å². The molecule has 7 heteroatoms. The van der Waals surface area contributed by atoms with Gasteiger partial charge in [0.2, 0.25) is 0 Å². The molecule has 0 unspecified atom stereocenters. The molecule has 0 saturated heterocycles. The number of anilines is 1. The first-order valence-electron chi connectivity index (χ1n) is 7.32. The van der Waals surface area contributed by atoms with Crippen molar-refractivity contribution in [2.24, 2.45) is 0 Å². The molecule has 0 atom stereocenters. The molecule has 0 aliphatic rings. The number of H-pyrrole nitrogens is 1. The monoisotopic (exact) mass is 305 g/mol. The zero-order valence-electron chi connectivity index (χ0n) is 12.3. The minimum Gasteiger partial charge on any atom is -0.365 e. The summed E-state index contributed by atoms with van der Waals surface area (Å²) in [6.07, 6.45) is 7.13. The van der Waals surface area contributed by atoms with Gasteiger partial charge in [-0.15, -0.1) is 0 Å². The summed E-state index contributed by atoms with van der Waals surface area (Å²) in [5.41, 5.74) is 3.05. The number of hydrogen-bond donors (Lipinski definition) is 2. The van der Waals surface area contributed by atoms with E-state index in [1.54, 1.807) is 6.20 Å². The number of nitrogens with zero attached hydrogens (tertiary/aromatic N) is 5. The van der Waals surface area contributed by atoms with Gasteiger partial charge in [0, 0.05) is 18.3 Å². The highest BCUT2D eigenvalue weighted by molar-refractivity contribution is 5.85. The van der Waals surface area contributed by atoms with E-state index >= 15 is 0 Å². The predicted octanol–water partition coefficient (Wildman–Crippen LogP) is 2.21. The van der Waals surface area contributed by atoms with Crippen molar-refractivity contribution in [1.29, 1.82) is 0 Å². The van der Waals surface area contributed by atoms with Crippen molar-refractivity contribution in [2.75, 3.05) is 5.32 Å². The molecule has 3 heterocycles. The molecule has 2 N–H and O–H groups in total. The Bertz CT molecular complexity index is 910. The lowest BCUT2D eigenvalue weighted by molar-refractivity contribution is 0.686. The molecule has 0 fully saturated rings. The first-order chi connectivity index (χ1) is 11.4. The summed E-state index contributed by atoms with van der Waals surface area (Å²) in [4.78, 5) is 8.38. The first-order valence-corrected chi connectivity index (χ1v) is 7.32. The normalized spacial score (nSPS) is 11.0. The molecule has 0 aliphatic heterocycles. The highest BCUT2D eigenvalue weighted by Crippen LogP contribution is 2.16. The Morgan fingerprint density at radius 2 is 1.96 bits per heavy atom. The highest BCUT2D eigenvalue weighted by Gasteiger charge is 2.06. The zero-order chi connectivity index (χ0) is 15.5. The number of benzene rings is 1. The predicted molar refractivity (Wildman–Crippen MR) is 86.8 cm³/mol. The molecular formula is C16H15N7. The van der Waals surface area contributed by atoms with E-state index in [0.717, 1.165) is 29.0 Å². The molecule has 114 valence electrons. The third kappa shape index (κ3) is 2.89. The van der Waals surface area contributed by atoms with Crippen LogP contribution in [0.5, 0.6) is 0 Å². The van der Waals surface area contributed by atoms with Crippen LogP contribution in [0.1, 0.15) is 11.1 Å². The van der Waals surface area contributed by atoms with E-state index in [-0.39, 0.29) is 0 Å². The van der Waals surface area contributed by atoms with E-state index in [2.05, 4.69) is 42.7 Å². The molecule has 4 aromatic rings. The van der Waals surface area contributed by atoms with Crippen LogP contribution in [0.15, 0.2) is 55.2 Å². The van der Waals surface area contributed by atoms with Crippen LogP contribution in [0.3, 0.4) is 0 Å². The fraction of sp³-hybridized carbons (Fsp3) is 0.125. The summed E-state index contributed by atoms with van der Waals surface area (Å²) >= 11 is 0. The van der Waals surface area contributed by atoms with Gasteiger partial charge in [0.15, 0.2) is 5.65 Å². The highest BCUT2D eigenvalue weighted by atomic mass is 15.3. The summed E-state index contributed by atoms with van der Waals surface area (Å²) in [6.45, 7) is 1.41. The minimum absolute atomic E-state index is 0.645. The zero-order valence-corrected chi connectivity index (χ0v) is 12.3. The second kappa shape index (κ2) is 5.88. The third-order valence-corrected chi connectivity index (χ3v) is 3.58. The molecule has 0 saturated carbocycles. The topological polar surface area (TPSA) is 84.3 Å². The van der Waals surface area contributed by atoms with Gasteiger partial charge < -0.3 is 5.32 Å². The second-order valence-corrected chi connectivity index (χ2v) is 5.24. The Kier molecular flexibility index (Phi) is 3.44. The molecule has 3 aromatic heterocycles. The molecule has 0 spiro atoms. The van der Waals surface area contributed by atoms with Crippen molar-refractivity contribution >= 4 is 16.9 Å². The molecule has 7 nitrogen and oxygen atoms in total. The van der Waals surface area contributed by atoms with Gasteiger partial charge in [-0.3, -0.25) is 9.78 Å². The first kappa shape index (κ1) is 13.4. The Morgan fingerprint density at radius 1 is 1.04 bits per heavy atom. The Hall–Kier alpha value is -3.22. The van der Waals surface area contributed by atoms with Gasteiger partial charge in [-0.05, 0) is 5.56 Å². The standard InChI is InChI=1S/C16H15N7/c1-2-4-12(5-3-1)9-23-10-13(7-21-23)6-17-15-14-8-20-22-16(14)19-11-18-15/h1-5,7-8,10-11H,6,9H2,(H2,17,18,19,20,22). The molecule has 23 heavy (non-hydrogen) atoms. The van der Waals surface area contributed by atoms with Crippen LogP contribution in [-0.4, -0.2) is 29.9 Å². The second-order valence-electron chi connectivity index (χ2n) is 5.24.